The molecule has 1 fully saturated rings. The fraction of sp³-hybridized carbons (Fsp3) is 0.500. The summed E-state index contributed by atoms with van der Waals surface area (Å²) in [6, 6.07) is 7.66. The van der Waals surface area contributed by atoms with Crippen molar-refractivity contribution in [3.8, 4) is 17.6 Å². The Balaban J connectivity index is 1.99. The summed E-state index contributed by atoms with van der Waals surface area (Å²) in [6.07, 6.45) is -6.62. The fourth-order valence-electron chi connectivity index (χ4n) is 3.52. The number of aromatic amines is 1. The Morgan fingerprint density at radius 2 is 2.03 bits per heavy atom. The Hall–Kier alpha value is -3.27. The summed E-state index contributed by atoms with van der Waals surface area (Å²) >= 11 is 0. The maximum absolute atomic E-state index is 14.0. The van der Waals surface area contributed by atoms with Crippen molar-refractivity contribution >= 4 is 13.6 Å². The Labute approximate surface area is 221 Å². The molecule has 14 heteroatoms. The number of rotatable bonds is 10. The van der Waals surface area contributed by atoms with Crippen molar-refractivity contribution in [2.45, 2.75) is 57.8 Å². The van der Waals surface area contributed by atoms with Gasteiger partial charge in [0.05, 0.1) is 27.5 Å². The lowest BCUT2D eigenvalue weighted by atomic mass is 9.95. The molecule has 206 valence electrons. The summed E-state index contributed by atoms with van der Waals surface area (Å²) < 4.78 is 53.1. The van der Waals surface area contributed by atoms with Gasteiger partial charge in [-0.25, -0.2) is 9.36 Å². The summed E-state index contributed by atoms with van der Waals surface area (Å²) in [4.78, 5) is 38.2. The predicted molar refractivity (Wildman–Crippen MR) is 133 cm³/mol. The van der Waals surface area contributed by atoms with Gasteiger partial charge in [0.25, 0.3) is 5.56 Å². The van der Waals surface area contributed by atoms with E-state index in [1.807, 2.05) is 4.98 Å². The van der Waals surface area contributed by atoms with Crippen molar-refractivity contribution in [1.29, 1.82) is 0 Å². The summed E-state index contributed by atoms with van der Waals surface area (Å²) in [7, 11) is -4.58. The minimum atomic E-state index is -4.58. The molecular formula is C24H30N3O10P. The van der Waals surface area contributed by atoms with E-state index in [4.69, 9.17) is 21.3 Å². The number of benzene rings is 1. The molecular weight excluding hydrogens is 521 g/mol. The van der Waals surface area contributed by atoms with Gasteiger partial charge in [0, 0.05) is 0 Å². The van der Waals surface area contributed by atoms with Gasteiger partial charge in [0.1, 0.15) is 24.2 Å². The summed E-state index contributed by atoms with van der Waals surface area (Å²) in [5.41, 5.74) is -4.62. The van der Waals surface area contributed by atoms with Crippen LogP contribution in [0.15, 0.2) is 46.1 Å². The van der Waals surface area contributed by atoms with Crippen LogP contribution < -0.4 is 15.8 Å². The van der Waals surface area contributed by atoms with Crippen LogP contribution in [-0.2, 0) is 23.4 Å². The molecule has 1 aliphatic rings. The molecule has 1 aromatic carbocycles. The van der Waals surface area contributed by atoms with E-state index in [0.717, 1.165) is 0 Å². The highest BCUT2D eigenvalue weighted by Gasteiger charge is 2.57. The first-order valence-corrected chi connectivity index (χ1v) is 13.3. The van der Waals surface area contributed by atoms with Crippen LogP contribution in [-0.4, -0.2) is 67.6 Å². The highest BCUT2D eigenvalue weighted by Crippen LogP contribution is 2.51. The monoisotopic (exact) mass is 553 g/mol. The van der Waals surface area contributed by atoms with E-state index < -0.39 is 73.6 Å². The number of nitrogens with one attached hydrogen (secondary N) is 1. The molecule has 0 saturated carbocycles. The number of hydrogen-bond donors (Lipinski definition) is 3. The maximum Gasteiger partial charge on any atom is 0.380 e. The Kier molecular flexibility index (Phi) is 8.36. The van der Waals surface area contributed by atoms with Crippen LogP contribution in [0.25, 0.3) is 0 Å². The molecule has 1 aliphatic heterocycles. The zero-order chi connectivity index (χ0) is 29.9. The first-order valence-electron chi connectivity index (χ1n) is 12.5. The zero-order valence-electron chi connectivity index (χ0n) is 23.1. The SMILES string of the molecule is [2H]C([2H])(O[P@@](=O)(C[C@@H](C)C(=O)OC(C)C)Oc1ccccc1)[C@H]1O[C@@H](n2ncc(=O)[nH]c2=O)C(O)(C#CC)[C@H]1O. The average Bonchev–Trinajstić information content (AvgIpc) is 3.10. The molecule has 2 aromatic rings. The molecule has 0 spiro atoms. The Morgan fingerprint density at radius 1 is 1.34 bits per heavy atom. The van der Waals surface area contributed by atoms with Gasteiger partial charge in [-0.05, 0) is 32.9 Å². The lowest BCUT2D eigenvalue weighted by molar-refractivity contribution is -0.151. The smallest absolute Gasteiger partial charge is 0.380 e. The number of aromatic nitrogens is 3. The molecule has 1 saturated heterocycles. The topological polar surface area (TPSA) is 179 Å². The second-order valence-electron chi connectivity index (χ2n) is 8.73. The number of nitrogens with zero attached hydrogens (tertiary/aromatic N) is 2. The Bertz CT molecular complexity index is 1440. The third kappa shape index (κ3) is 6.78. The van der Waals surface area contributed by atoms with Crippen LogP contribution in [0.1, 0.15) is 36.7 Å². The van der Waals surface area contributed by atoms with Crippen LogP contribution in [0.3, 0.4) is 0 Å². The van der Waals surface area contributed by atoms with Gasteiger partial charge >= 0.3 is 19.3 Å². The largest absolute Gasteiger partial charge is 0.463 e. The van der Waals surface area contributed by atoms with Gasteiger partial charge in [-0.3, -0.25) is 19.1 Å². The van der Waals surface area contributed by atoms with E-state index in [-0.39, 0.29) is 5.75 Å². The third-order valence-electron chi connectivity index (χ3n) is 5.22. The van der Waals surface area contributed by atoms with Gasteiger partial charge in [-0.2, -0.15) is 9.78 Å². The van der Waals surface area contributed by atoms with E-state index in [1.165, 1.54) is 26.0 Å². The number of hydrogen-bond acceptors (Lipinski definition) is 11. The molecule has 13 nitrogen and oxygen atoms in total. The summed E-state index contributed by atoms with van der Waals surface area (Å²) in [5, 5.41) is 25.8. The van der Waals surface area contributed by atoms with E-state index in [2.05, 4.69) is 16.9 Å². The average molecular weight is 554 g/mol. The highest BCUT2D eigenvalue weighted by molar-refractivity contribution is 7.54. The van der Waals surface area contributed by atoms with Crippen molar-refractivity contribution < 1.29 is 40.8 Å². The van der Waals surface area contributed by atoms with Crippen molar-refractivity contribution in [3.63, 3.8) is 0 Å². The van der Waals surface area contributed by atoms with Crippen LogP contribution in [0.4, 0.5) is 0 Å². The number of esters is 1. The second-order valence-corrected chi connectivity index (χ2v) is 10.7. The lowest BCUT2D eigenvalue weighted by Gasteiger charge is -2.26. The molecule has 3 rings (SSSR count). The minimum absolute atomic E-state index is 0.0363. The lowest BCUT2D eigenvalue weighted by Crippen LogP contribution is -2.49. The Morgan fingerprint density at radius 3 is 2.63 bits per heavy atom. The molecule has 0 bridgehead atoms. The van der Waals surface area contributed by atoms with E-state index in [1.54, 1.807) is 32.0 Å². The van der Waals surface area contributed by atoms with Crippen LogP contribution in [0.5, 0.6) is 5.75 Å². The minimum Gasteiger partial charge on any atom is -0.463 e. The summed E-state index contributed by atoms with van der Waals surface area (Å²) in [6.45, 7) is 2.78. The molecule has 38 heavy (non-hydrogen) atoms. The maximum atomic E-state index is 14.0. The number of carbonyl (C=O) groups excluding carboxylic acids is 1. The van der Waals surface area contributed by atoms with Crippen LogP contribution in [0, 0.1) is 17.8 Å². The summed E-state index contributed by atoms with van der Waals surface area (Å²) in [5.74, 6) is 2.89. The van der Waals surface area contributed by atoms with Crippen molar-refractivity contribution in [2.75, 3.05) is 12.7 Å². The quantitative estimate of drug-likeness (QED) is 0.215. The van der Waals surface area contributed by atoms with Gasteiger partial charge in [-0.1, -0.05) is 31.0 Å². The van der Waals surface area contributed by atoms with Crippen molar-refractivity contribution in [1.82, 2.24) is 14.8 Å². The molecule has 6 atom stereocenters. The first-order chi connectivity index (χ1) is 18.6. The van der Waals surface area contributed by atoms with Gasteiger partial charge in [0.15, 0.2) is 6.23 Å². The molecule has 0 aliphatic carbocycles. The number of para-hydroxylation sites is 1. The fourth-order valence-corrected chi connectivity index (χ4v) is 5.23. The van der Waals surface area contributed by atoms with E-state index in [0.29, 0.717) is 10.9 Å². The van der Waals surface area contributed by atoms with E-state index >= 15 is 0 Å². The molecule has 3 N–H and O–H groups in total. The predicted octanol–water partition coefficient (Wildman–Crippen LogP) is 0.821. The molecule has 2 heterocycles. The highest BCUT2D eigenvalue weighted by atomic mass is 31.2. The normalized spacial score (nSPS) is 26.3. The molecule has 1 unspecified atom stereocenters. The van der Waals surface area contributed by atoms with Crippen molar-refractivity contribution in [2.24, 2.45) is 5.92 Å². The number of carbonyl (C=O) groups is 1. The third-order valence-corrected chi connectivity index (χ3v) is 7.09. The zero-order valence-corrected chi connectivity index (χ0v) is 22.0. The van der Waals surface area contributed by atoms with Gasteiger partial charge in [0.2, 0.25) is 5.60 Å². The number of aliphatic hydroxyl groups excluding tert-OH is 1. The number of ether oxygens (including phenoxy) is 2. The second kappa shape index (κ2) is 12.1. The number of aliphatic hydroxyl groups is 2. The standard InChI is InChI=1S/C24H30N3O10P/c1-5-11-24(32)20(29)18(36-22(24)27-23(31)26-19(28)12-25-27)13-34-38(33,37-17-9-7-6-8-10-17)14-16(4)21(30)35-15(2)3/h6-10,12,15-16,18,20,22,29,32H,13-14H2,1-4H3,(H,26,28,31)/t16-,18-,20+,22-,24?,38+/m1/s1/i13D2. The van der Waals surface area contributed by atoms with Gasteiger partial charge in [-0.15, -0.1) is 5.92 Å². The van der Waals surface area contributed by atoms with Crippen molar-refractivity contribution in [3.05, 3.63) is 57.4 Å². The van der Waals surface area contributed by atoms with E-state index in [9.17, 15) is 29.2 Å². The van der Waals surface area contributed by atoms with Crippen LogP contribution in [0.2, 0.25) is 0 Å². The molecule has 0 radical (unpaired) electrons. The number of H-pyrrole nitrogens is 1. The first kappa shape index (κ1) is 26.3. The van der Waals surface area contributed by atoms with Crippen LogP contribution >= 0.6 is 7.60 Å². The molecule has 1 aromatic heterocycles. The van der Waals surface area contributed by atoms with Gasteiger partial charge < -0.3 is 24.2 Å². The molecule has 0 amide bonds.